The molecule has 0 bridgehead atoms. The summed E-state index contributed by atoms with van der Waals surface area (Å²) in [6, 6.07) is 7.31. The van der Waals surface area contributed by atoms with Gasteiger partial charge in [0.15, 0.2) is 0 Å². The molecular weight excluding hydrogens is 460 g/mol. The Kier molecular flexibility index (Phi) is 10.8. The summed E-state index contributed by atoms with van der Waals surface area (Å²) in [7, 11) is 2.62. The van der Waals surface area contributed by atoms with Gasteiger partial charge in [-0.25, -0.2) is 0 Å². The Morgan fingerprint density at radius 2 is 1.00 bits per heavy atom. The van der Waals surface area contributed by atoms with E-state index in [1.165, 1.54) is 27.1 Å². The summed E-state index contributed by atoms with van der Waals surface area (Å²) in [6.07, 6.45) is 10.4. The minimum absolute atomic E-state index is 0.0673. The van der Waals surface area contributed by atoms with Crippen LogP contribution in [0.1, 0.15) is 100 Å². The number of amides is 2. The van der Waals surface area contributed by atoms with Crippen LogP contribution in [0.25, 0.3) is 0 Å². The van der Waals surface area contributed by atoms with Gasteiger partial charge in [-0.1, -0.05) is 62.8 Å². The number of ether oxygens (including phenoxy) is 2. The fourth-order valence-corrected chi connectivity index (χ4v) is 5.28. The fourth-order valence-electron chi connectivity index (χ4n) is 5.28. The topological polar surface area (TPSA) is 111 Å². The highest BCUT2D eigenvalue weighted by molar-refractivity contribution is 5.89. The van der Waals surface area contributed by atoms with Crippen molar-refractivity contribution < 1.29 is 28.7 Å². The highest BCUT2D eigenvalue weighted by Crippen LogP contribution is 2.28. The van der Waals surface area contributed by atoms with Crippen molar-refractivity contribution in [3.8, 4) is 0 Å². The Morgan fingerprint density at radius 3 is 1.31 bits per heavy atom. The molecule has 0 radical (unpaired) electrons. The summed E-state index contributed by atoms with van der Waals surface area (Å²) in [5.41, 5.74) is 1.34. The molecule has 2 amide bonds. The van der Waals surface area contributed by atoms with Crippen molar-refractivity contribution in [2.75, 3.05) is 14.2 Å². The maximum atomic E-state index is 13.2. The van der Waals surface area contributed by atoms with E-state index in [1.807, 2.05) is 0 Å². The van der Waals surface area contributed by atoms with Gasteiger partial charge in [-0.3, -0.25) is 19.2 Å². The molecule has 3 rings (SSSR count). The molecule has 0 aliphatic heterocycles. The van der Waals surface area contributed by atoms with Gasteiger partial charge in [-0.2, -0.15) is 0 Å². The largest absolute Gasteiger partial charge is 0.469 e. The van der Waals surface area contributed by atoms with E-state index < -0.39 is 23.8 Å². The molecule has 0 heterocycles. The summed E-state index contributed by atoms with van der Waals surface area (Å²) in [5, 5.41) is 6.22. The molecule has 2 saturated carbocycles. The van der Waals surface area contributed by atoms with E-state index in [-0.39, 0.29) is 36.7 Å². The van der Waals surface area contributed by atoms with Crippen molar-refractivity contribution >= 4 is 23.8 Å². The number of nitrogens with one attached hydrogen (secondary N) is 2. The molecule has 0 saturated heterocycles. The Morgan fingerprint density at radius 1 is 0.667 bits per heavy atom. The van der Waals surface area contributed by atoms with Crippen LogP contribution in [0, 0.1) is 0 Å². The molecular formula is C28H40N2O6. The van der Waals surface area contributed by atoms with Crippen LogP contribution in [-0.2, 0) is 28.7 Å². The van der Waals surface area contributed by atoms with Gasteiger partial charge in [0.2, 0.25) is 11.8 Å². The van der Waals surface area contributed by atoms with Gasteiger partial charge in [0.25, 0.3) is 0 Å². The molecule has 2 N–H and O–H groups in total. The number of carbonyl (C=O) groups excluding carboxylic acids is 4. The number of rotatable bonds is 10. The molecule has 36 heavy (non-hydrogen) atoms. The zero-order valence-electron chi connectivity index (χ0n) is 21.6. The lowest BCUT2D eigenvalue weighted by Crippen LogP contribution is -2.40. The molecule has 2 fully saturated rings. The lowest BCUT2D eigenvalue weighted by atomic mass is 9.88. The first-order chi connectivity index (χ1) is 17.4. The van der Waals surface area contributed by atoms with Crippen molar-refractivity contribution in [3.63, 3.8) is 0 Å². The highest BCUT2D eigenvalue weighted by Gasteiger charge is 2.29. The highest BCUT2D eigenvalue weighted by atomic mass is 16.5. The van der Waals surface area contributed by atoms with E-state index in [1.54, 1.807) is 24.3 Å². The Labute approximate surface area is 213 Å². The van der Waals surface area contributed by atoms with E-state index in [2.05, 4.69) is 10.6 Å². The first kappa shape index (κ1) is 27.7. The van der Waals surface area contributed by atoms with Gasteiger partial charge in [-0.15, -0.1) is 0 Å². The zero-order valence-corrected chi connectivity index (χ0v) is 21.6. The molecule has 0 aromatic heterocycles. The van der Waals surface area contributed by atoms with E-state index in [9.17, 15) is 19.2 Å². The molecule has 1 aromatic carbocycles. The number of methoxy groups -OCH3 is 2. The fraction of sp³-hybridized carbons (Fsp3) is 0.643. The second kappa shape index (κ2) is 14.0. The molecule has 8 nitrogen and oxygen atoms in total. The van der Waals surface area contributed by atoms with Crippen molar-refractivity contribution in [1.29, 1.82) is 0 Å². The molecule has 198 valence electrons. The third-order valence-electron chi connectivity index (χ3n) is 7.47. The van der Waals surface area contributed by atoms with Crippen molar-refractivity contribution in [2.45, 2.75) is 101 Å². The van der Waals surface area contributed by atoms with Crippen molar-refractivity contribution in [1.82, 2.24) is 10.6 Å². The third-order valence-corrected chi connectivity index (χ3v) is 7.47. The SMILES string of the molecule is COC(=O)CC(C(=O)NC1CCCCC1)c1ccc(C(CC(=O)OC)C(=O)NC2CCCCC2)cc1. The molecule has 2 aliphatic carbocycles. The number of carbonyl (C=O) groups is 4. The van der Waals surface area contributed by atoms with Gasteiger partial charge >= 0.3 is 11.9 Å². The standard InChI is InChI=1S/C28H40N2O6/c1-35-25(31)17-23(27(33)29-21-9-5-3-6-10-21)19-13-15-20(16-14-19)24(18-26(32)36-2)28(34)30-22-11-7-4-8-12-22/h13-16,21-24H,3-12,17-18H2,1-2H3,(H,29,33)(H,30,34). The molecule has 2 atom stereocenters. The molecule has 1 aromatic rings. The van der Waals surface area contributed by atoms with E-state index in [4.69, 9.17) is 9.47 Å². The van der Waals surface area contributed by atoms with Crippen molar-refractivity contribution in [3.05, 3.63) is 35.4 Å². The zero-order chi connectivity index (χ0) is 25.9. The number of hydrogen-bond donors (Lipinski definition) is 2. The summed E-state index contributed by atoms with van der Waals surface area (Å²) in [5.74, 6) is -2.69. The third kappa shape index (κ3) is 8.07. The predicted molar refractivity (Wildman–Crippen MR) is 135 cm³/mol. The second-order valence-corrected chi connectivity index (χ2v) is 10.0. The van der Waals surface area contributed by atoms with E-state index >= 15 is 0 Å². The number of hydrogen-bond acceptors (Lipinski definition) is 6. The van der Waals surface area contributed by atoms with Crippen LogP contribution in [0.2, 0.25) is 0 Å². The summed E-state index contributed by atoms with van der Waals surface area (Å²) in [4.78, 5) is 50.5. The minimum atomic E-state index is -0.691. The maximum Gasteiger partial charge on any atom is 0.306 e. The normalized spacial score (nSPS) is 18.5. The van der Waals surface area contributed by atoms with Gasteiger partial charge in [0.1, 0.15) is 0 Å². The van der Waals surface area contributed by atoms with Gasteiger partial charge in [-0.05, 0) is 36.8 Å². The van der Waals surface area contributed by atoms with Crippen LogP contribution in [-0.4, -0.2) is 50.1 Å². The Hall–Kier alpha value is -2.90. The number of esters is 2. The summed E-state index contributed by atoms with van der Waals surface area (Å²) in [6.45, 7) is 0. The van der Waals surface area contributed by atoms with Crippen LogP contribution < -0.4 is 10.6 Å². The minimum Gasteiger partial charge on any atom is -0.469 e. The van der Waals surface area contributed by atoms with Crippen LogP contribution in [0.15, 0.2) is 24.3 Å². The average molecular weight is 501 g/mol. The maximum absolute atomic E-state index is 13.2. The van der Waals surface area contributed by atoms with Gasteiger partial charge in [0, 0.05) is 12.1 Å². The first-order valence-electron chi connectivity index (χ1n) is 13.3. The van der Waals surface area contributed by atoms with E-state index in [0.717, 1.165) is 51.4 Å². The smallest absolute Gasteiger partial charge is 0.306 e. The predicted octanol–water partition coefficient (Wildman–Crippen LogP) is 3.88. The van der Waals surface area contributed by atoms with Crippen LogP contribution in [0.5, 0.6) is 0 Å². The monoisotopic (exact) mass is 500 g/mol. The lowest BCUT2D eigenvalue weighted by molar-refractivity contribution is -0.143. The lowest BCUT2D eigenvalue weighted by Gasteiger charge is -2.26. The summed E-state index contributed by atoms with van der Waals surface area (Å²) < 4.78 is 9.68. The van der Waals surface area contributed by atoms with Crippen molar-refractivity contribution in [2.24, 2.45) is 0 Å². The average Bonchev–Trinajstić information content (AvgIpc) is 2.91. The van der Waals surface area contributed by atoms with Gasteiger partial charge in [0.05, 0.1) is 38.9 Å². The second-order valence-electron chi connectivity index (χ2n) is 10.0. The molecule has 2 unspecified atom stereocenters. The van der Waals surface area contributed by atoms with Gasteiger partial charge < -0.3 is 20.1 Å². The quantitative estimate of drug-likeness (QED) is 0.472. The first-order valence-corrected chi connectivity index (χ1v) is 13.3. The Bertz CT molecular complexity index is 815. The van der Waals surface area contributed by atoms with Crippen LogP contribution in [0.3, 0.4) is 0 Å². The Balaban J connectivity index is 1.77. The molecule has 8 heteroatoms. The molecule has 0 spiro atoms. The molecule has 2 aliphatic rings. The van der Waals surface area contributed by atoms with Crippen LogP contribution in [0.4, 0.5) is 0 Å². The van der Waals surface area contributed by atoms with E-state index in [0.29, 0.717) is 11.1 Å². The van der Waals surface area contributed by atoms with Crippen LogP contribution >= 0.6 is 0 Å². The number of benzene rings is 1. The summed E-state index contributed by atoms with van der Waals surface area (Å²) >= 11 is 0.